The van der Waals surface area contributed by atoms with Crippen LogP contribution in [0.2, 0.25) is 0 Å². The number of aromatic nitrogens is 4. The van der Waals surface area contributed by atoms with Crippen LogP contribution in [-0.4, -0.2) is 63.6 Å². The average molecular weight is 365 g/mol. The standard InChI is InChI=1S/C15H19N5O4S/c1-19-8-14(18-11-19)25(21,22)20-9-15(10-20)6-12(2-5-23-15)24-13-7-16-3-4-17-13/h3-4,7-8,11-12H,2,5-6,9-10H2,1H3/t12-/m1/s1. The van der Waals surface area contributed by atoms with Crippen molar-refractivity contribution in [3.8, 4) is 5.88 Å². The molecule has 1 atom stereocenters. The summed E-state index contributed by atoms with van der Waals surface area (Å²) in [6.45, 7) is 1.15. The zero-order valence-electron chi connectivity index (χ0n) is 13.8. The molecule has 2 aliphatic rings. The van der Waals surface area contributed by atoms with Gasteiger partial charge in [0.25, 0.3) is 10.0 Å². The Morgan fingerprint density at radius 1 is 1.32 bits per heavy atom. The van der Waals surface area contributed by atoms with Gasteiger partial charge < -0.3 is 14.0 Å². The van der Waals surface area contributed by atoms with Gasteiger partial charge in [-0.25, -0.2) is 18.4 Å². The van der Waals surface area contributed by atoms with Gasteiger partial charge in [-0.15, -0.1) is 0 Å². The molecule has 10 heteroatoms. The van der Waals surface area contributed by atoms with Crippen molar-refractivity contribution >= 4 is 10.0 Å². The second-order valence-electron chi connectivity index (χ2n) is 6.46. The zero-order valence-corrected chi connectivity index (χ0v) is 14.6. The van der Waals surface area contributed by atoms with Crippen molar-refractivity contribution in [2.45, 2.75) is 29.6 Å². The van der Waals surface area contributed by atoms with E-state index < -0.39 is 15.6 Å². The summed E-state index contributed by atoms with van der Waals surface area (Å²) in [4.78, 5) is 12.1. The summed E-state index contributed by atoms with van der Waals surface area (Å²) in [6.07, 6.45) is 9.01. The van der Waals surface area contributed by atoms with Crippen LogP contribution in [0.4, 0.5) is 0 Å². The largest absolute Gasteiger partial charge is 0.473 e. The fourth-order valence-electron chi connectivity index (χ4n) is 3.24. The van der Waals surface area contributed by atoms with Gasteiger partial charge >= 0.3 is 0 Å². The van der Waals surface area contributed by atoms with Gasteiger partial charge in [-0.3, -0.25) is 4.98 Å². The highest BCUT2D eigenvalue weighted by molar-refractivity contribution is 7.89. The summed E-state index contributed by atoms with van der Waals surface area (Å²) in [5.41, 5.74) is -0.493. The highest BCUT2D eigenvalue weighted by Crippen LogP contribution is 2.38. The Hall–Kier alpha value is -2.04. The molecule has 134 valence electrons. The summed E-state index contributed by atoms with van der Waals surface area (Å²) in [5.74, 6) is 0.474. The van der Waals surface area contributed by atoms with Crippen LogP contribution < -0.4 is 4.74 Å². The van der Waals surface area contributed by atoms with Gasteiger partial charge in [0, 0.05) is 51.6 Å². The fraction of sp³-hybridized carbons (Fsp3) is 0.533. The molecular formula is C15H19N5O4S. The third-order valence-corrected chi connectivity index (χ3v) is 6.17. The summed E-state index contributed by atoms with van der Waals surface area (Å²) in [5, 5.41) is 0.0630. The molecule has 0 aliphatic carbocycles. The third kappa shape index (κ3) is 3.12. The molecule has 0 saturated carbocycles. The monoisotopic (exact) mass is 365 g/mol. The topological polar surface area (TPSA) is 99.4 Å². The van der Waals surface area contributed by atoms with Crippen LogP contribution in [0.15, 0.2) is 36.1 Å². The van der Waals surface area contributed by atoms with E-state index in [1.165, 1.54) is 16.8 Å². The molecule has 0 aromatic carbocycles. The first-order valence-electron chi connectivity index (χ1n) is 8.02. The Bertz CT molecular complexity index is 848. The molecule has 25 heavy (non-hydrogen) atoms. The fourth-order valence-corrected chi connectivity index (χ4v) is 4.80. The zero-order chi connectivity index (χ0) is 17.5. The first kappa shape index (κ1) is 16.4. The lowest BCUT2D eigenvalue weighted by molar-refractivity contribution is -0.165. The minimum Gasteiger partial charge on any atom is -0.473 e. The lowest BCUT2D eigenvalue weighted by atomic mass is 9.86. The smallest absolute Gasteiger partial charge is 0.262 e. The molecule has 2 aliphatic heterocycles. The Morgan fingerprint density at radius 2 is 2.16 bits per heavy atom. The number of sulfonamides is 1. The van der Waals surface area contributed by atoms with Gasteiger partial charge in [0.05, 0.1) is 24.7 Å². The average Bonchev–Trinajstić information content (AvgIpc) is 3.01. The molecule has 0 bridgehead atoms. The Balaban J connectivity index is 1.41. The SMILES string of the molecule is Cn1cnc(S(=O)(=O)N2CC3(C[C@H](Oc4cnccn4)CCO3)C2)c1. The van der Waals surface area contributed by atoms with Crippen molar-refractivity contribution in [2.75, 3.05) is 19.7 Å². The van der Waals surface area contributed by atoms with Crippen molar-refractivity contribution in [2.24, 2.45) is 7.05 Å². The Kier molecular flexibility index (Phi) is 3.97. The van der Waals surface area contributed by atoms with Gasteiger partial charge in [0.1, 0.15) is 6.10 Å². The molecule has 0 radical (unpaired) electrons. The van der Waals surface area contributed by atoms with Gasteiger partial charge in [0.2, 0.25) is 5.88 Å². The molecular weight excluding hydrogens is 346 g/mol. The van der Waals surface area contributed by atoms with Crippen LogP contribution in [0.3, 0.4) is 0 Å². The highest BCUT2D eigenvalue weighted by Gasteiger charge is 2.52. The van der Waals surface area contributed by atoms with E-state index >= 15 is 0 Å². The van der Waals surface area contributed by atoms with E-state index in [2.05, 4.69) is 15.0 Å². The van der Waals surface area contributed by atoms with Crippen LogP contribution in [0, 0.1) is 0 Å². The summed E-state index contributed by atoms with van der Waals surface area (Å²) >= 11 is 0. The molecule has 0 amide bonds. The van der Waals surface area contributed by atoms with Crippen LogP contribution in [-0.2, 0) is 21.8 Å². The Labute approximate surface area is 145 Å². The van der Waals surface area contributed by atoms with Crippen molar-refractivity contribution in [1.29, 1.82) is 0 Å². The van der Waals surface area contributed by atoms with Crippen molar-refractivity contribution in [3.05, 3.63) is 31.1 Å². The summed E-state index contributed by atoms with van der Waals surface area (Å²) in [7, 11) is -1.84. The second-order valence-corrected chi connectivity index (χ2v) is 8.34. The molecule has 2 aromatic rings. The van der Waals surface area contributed by atoms with Gasteiger partial charge in [-0.1, -0.05) is 0 Å². The molecule has 0 N–H and O–H groups in total. The number of nitrogens with zero attached hydrogens (tertiary/aromatic N) is 5. The Morgan fingerprint density at radius 3 is 2.84 bits per heavy atom. The molecule has 4 rings (SSSR count). The van der Waals surface area contributed by atoms with Crippen LogP contribution in [0.1, 0.15) is 12.8 Å². The summed E-state index contributed by atoms with van der Waals surface area (Å²) in [6, 6.07) is 0. The molecule has 0 unspecified atom stereocenters. The van der Waals surface area contributed by atoms with E-state index in [0.717, 1.165) is 6.42 Å². The second kappa shape index (κ2) is 6.04. The maximum absolute atomic E-state index is 12.6. The van der Waals surface area contributed by atoms with E-state index in [9.17, 15) is 8.42 Å². The van der Waals surface area contributed by atoms with E-state index in [0.29, 0.717) is 32.0 Å². The lowest BCUT2D eigenvalue weighted by Crippen LogP contribution is -2.67. The molecule has 1 spiro atoms. The number of imidazole rings is 1. The lowest BCUT2D eigenvalue weighted by Gasteiger charge is -2.51. The normalized spacial score (nSPS) is 23.3. The van der Waals surface area contributed by atoms with Crippen LogP contribution >= 0.6 is 0 Å². The number of hydrogen-bond donors (Lipinski definition) is 0. The van der Waals surface area contributed by atoms with E-state index in [4.69, 9.17) is 9.47 Å². The summed E-state index contributed by atoms with van der Waals surface area (Å²) < 4.78 is 39.9. The van der Waals surface area contributed by atoms with Crippen molar-refractivity contribution < 1.29 is 17.9 Å². The molecule has 4 heterocycles. The number of rotatable bonds is 4. The quantitative estimate of drug-likeness (QED) is 0.764. The third-order valence-electron chi connectivity index (χ3n) is 4.49. The first-order chi connectivity index (χ1) is 12.0. The first-order valence-corrected chi connectivity index (χ1v) is 9.46. The van der Waals surface area contributed by atoms with Crippen molar-refractivity contribution in [3.63, 3.8) is 0 Å². The van der Waals surface area contributed by atoms with Gasteiger partial charge in [0.15, 0.2) is 5.03 Å². The predicted octanol–water partition coefficient (Wildman–Crippen LogP) is 0.211. The van der Waals surface area contributed by atoms with Crippen LogP contribution in [0.25, 0.3) is 0 Å². The molecule has 2 aromatic heterocycles. The number of ether oxygens (including phenoxy) is 2. The van der Waals surface area contributed by atoms with E-state index in [1.54, 1.807) is 30.2 Å². The molecule has 9 nitrogen and oxygen atoms in total. The predicted molar refractivity (Wildman–Crippen MR) is 86.3 cm³/mol. The number of aryl methyl sites for hydroxylation is 1. The maximum Gasteiger partial charge on any atom is 0.262 e. The van der Waals surface area contributed by atoms with E-state index in [1.807, 2.05) is 0 Å². The maximum atomic E-state index is 12.6. The highest BCUT2D eigenvalue weighted by atomic mass is 32.2. The number of hydrogen-bond acceptors (Lipinski definition) is 7. The van der Waals surface area contributed by atoms with Gasteiger partial charge in [-0.05, 0) is 0 Å². The minimum atomic E-state index is -3.57. The van der Waals surface area contributed by atoms with Crippen LogP contribution in [0.5, 0.6) is 5.88 Å². The molecule has 2 fully saturated rings. The minimum absolute atomic E-state index is 0.0630. The van der Waals surface area contributed by atoms with E-state index in [-0.39, 0.29) is 11.1 Å². The van der Waals surface area contributed by atoms with Gasteiger partial charge in [-0.2, -0.15) is 4.31 Å². The van der Waals surface area contributed by atoms with Crippen molar-refractivity contribution in [1.82, 2.24) is 23.8 Å². The molecule has 2 saturated heterocycles.